The summed E-state index contributed by atoms with van der Waals surface area (Å²) in [6.07, 6.45) is 9.78. The molecule has 19 heavy (non-hydrogen) atoms. The van der Waals surface area contributed by atoms with Crippen LogP contribution in [0.15, 0.2) is 0 Å². The summed E-state index contributed by atoms with van der Waals surface area (Å²) in [5, 5.41) is 19.9. The number of likely N-dealkylation sites (tertiary alicyclic amines) is 1. The van der Waals surface area contributed by atoms with Crippen molar-refractivity contribution < 1.29 is 10.2 Å². The van der Waals surface area contributed by atoms with E-state index in [0.717, 1.165) is 32.0 Å². The summed E-state index contributed by atoms with van der Waals surface area (Å²) in [5.41, 5.74) is 0.153. The predicted octanol–water partition coefficient (Wildman–Crippen LogP) is 2.02. The molecule has 1 aliphatic heterocycles. The van der Waals surface area contributed by atoms with Crippen LogP contribution in [0.2, 0.25) is 0 Å². The minimum absolute atomic E-state index is 0.0609. The normalized spacial score (nSPS) is 39.2. The maximum absolute atomic E-state index is 10.0. The zero-order valence-electron chi connectivity index (χ0n) is 12.1. The lowest BCUT2D eigenvalue weighted by Gasteiger charge is -2.35. The van der Waals surface area contributed by atoms with Crippen LogP contribution < -0.4 is 0 Å². The maximum atomic E-state index is 10.0. The Balaban J connectivity index is 1.60. The van der Waals surface area contributed by atoms with Gasteiger partial charge in [0, 0.05) is 37.6 Å². The Labute approximate surface area is 117 Å². The van der Waals surface area contributed by atoms with Crippen molar-refractivity contribution in [2.75, 3.05) is 26.2 Å². The first-order valence-electron chi connectivity index (χ1n) is 8.24. The number of aliphatic hydroxyl groups excluding tert-OH is 2. The van der Waals surface area contributed by atoms with Gasteiger partial charge in [0.1, 0.15) is 0 Å². The van der Waals surface area contributed by atoms with Gasteiger partial charge < -0.3 is 15.1 Å². The van der Waals surface area contributed by atoms with Gasteiger partial charge in [0.15, 0.2) is 0 Å². The molecule has 2 saturated carbocycles. The standard InChI is InChI=1S/C16H29NO2/c18-12-16(7-3-1-2-4-8-16)11-17-9-13-5-6-15(19)14(13)10-17/h13-15,18-19H,1-12H2. The second-order valence-electron chi connectivity index (χ2n) is 7.34. The zero-order chi connectivity index (χ0) is 13.3. The lowest BCUT2D eigenvalue weighted by atomic mass is 9.80. The average molecular weight is 267 g/mol. The minimum atomic E-state index is -0.0609. The van der Waals surface area contributed by atoms with E-state index in [4.69, 9.17) is 0 Å². The maximum Gasteiger partial charge on any atom is 0.0583 e. The quantitative estimate of drug-likeness (QED) is 0.769. The molecule has 2 N–H and O–H groups in total. The van der Waals surface area contributed by atoms with E-state index >= 15 is 0 Å². The van der Waals surface area contributed by atoms with Gasteiger partial charge >= 0.3 is 0 Å². The molecule has 0 amide bonds. The van der Waals surface area contributed by atoms with Gasteiger partial charge in [0.2, 0.25) is 0 Å². The number of rotatable bonds is 3. The highest BCUT2D eigenvalue weighted by Gasteiger charge is 2.44. The van der Waals surface area contributed by atoms with Crippen LogP contribution >= 0.6 is 0 Å². The molecule has 0 bridgehead atoms. The summed E-state index contributed by atoms with van der Waals surface area (Å²) in [5.74, 6) is 1.23. The summed E-state index contributed by atoms with van der Waals surface area (Å²) >= 11 is 0. The van der Waals surface area contributed by atoms with Crippen molar-refractivity contribution in [3.63, 3.8) is 0 Å². The van der Waals surface area contributed by atoms with Crippen LogP contribution in [-0.2, 0) is 0 Å². The Morgan fingerprint density at radius 3 is 2.37 bits per heavy atom. The van der Waals surface area contributed by atoms with E-state index in [1.54, 1.807) is 0 Å². The van der Waals surface area contributed by atoms with Crippen LogP contribution in [0, 0.1) is 17.3 Å². The van der Waals surface area contributed by atoms with Gasteiger partial charge in [-0.1, -0.05) is 25.7 Å². The lowest BCUT2D eigenvalue weighted by Crippen LogP contribution is -2.40. The molecule has 0 aromatic heterocycles. The van der Waals surface area contributed by atoms with Crippen molar-refractivity contribution in [2.24, 2.45) is 17.3 Å². The summed E-state index contributed by atoms with van der Waals surface area (Å²) in [4.78, 5) is 2.54. The molecule has 2 aliphatic carbocycles. The molecule has 3 unspecified atom stereocenters. The fourth-order valence-corrected chi connectivity index (χ4v) is 4.78. The molecule has 0 radical (unpaired) electrons. The molecule has 0 aromatic rings. The molecular weight excluding hydrogens is 238 g/mol. The fraction of sp³-hybridized carbons (Fsp3) is 1.00. The third kappa shape index (κ3) is 2.84. The average Bonchev–Trinajstić information content (AvgIpc) is 2.85. The zero-order valence-corrected chi connectivity index (χ0v) is 12.1. The van der Waals surface area contributed by atoms with Crippen molar-refractivity contribution in [3.05, 3.63) is 0 Å². The number of aliphatic hydroxyl groups is 2. The van der Waals surface area contributed by atoms with E-state index in [9.17, 15) is 10.2 Å². The van der Waals surface area contributed by atoms with Crippen molar-refractivity contribution in [1.29, 1.82) is 0 Å². The first-order chi connectivity index (χ1) is 9.22. The third-order valence-electron chi connectivity index (χ3n) is 5.95. The second kappa shape index (κ2) is 5.71. The molecule has 3 rings (SSSR count). The molecule has 0 spiro atoms. The van der Waals surface area contributed by atoms with Crippen LogP contribution in [0.4, 0.5) is 0 Å². The monoisotopic (exact) mass is 267 g/mol. The van der Waals surface area contributed by atoms with Gasteiger partial charge in [-0.15, -0.1) is 0 Å². The second-order valence-corrected chi connectivity index (χ2v) is 7.34. The van der Waals surface area contributed by atoms with Gasteiger partial charge in [-0.05, 0) is 31.6 Å². The first-order valence-corrected chi connectivity index (χ1v) is 8.24. The topological polar surface area (TPSA) is 43.7 Å². The summed E-state index contributed by atoms with van der Waals surface area (Å²) in [7, 11) is 0. The number of hydrogen-bond donors (Lipinski definition) is 2. The van der Waals surface area contributed by atoms with E-state index in [2.05, 4.69) is 4.90 Å². The Morgan fingerprint density at radius 2 is 1.74 bits per heavy atom. The Hall–Kier alpha value is -0.120. The van der Waals surface area contributed by atoms with Crippen LogP contribution in [0.1, 0.15) is 51.4 Å². The molecule has 3 nitrogen and oxygen atoms in total. The molecule has 3 aliphatic rings. The Kier molecular flexibility index (Phi) is 4.16. The van der Waals surface area contributed by atoms with Crippen LogP contribution in [0.25, 0.3) is 0 Å². The minimum Gasteiger partial charge on any atom is -0.396 e. The highest BCUT2D eigenvalue weighted by atomic mass is 16.3. The van der Waals surface area contributed by atoms with Crippen molar-refractivity contribution in [3.8, 4) is 0 Å². The van der Waals surface area contributed by atoms with Crippen molar-refractivity contribution >= 4 is 0 Å². The van der Waals surface area contributed by atoms with Crippen LogP contribution in [0.5, 0.6) is 0 Å². The molecule has 1 saturated heterocycles. The van der Waals surface area contributed by atoms with Crippen LogP contribution in [-0.4, -0.2) is 47.5 Å². The predicted molar refractivity (Wildman–Crippen MR) is 75.9 cm³/mol. The Morgan fingerprint density at radius 1 is 1.00 bits per heavy atom. The van der Waals surface area contributed by atoms with E-state index < -0.39 is 0 Å². The molecule has 3 fully saturated rings. The van der Waals surface area contributed by atoms with Crippen molar-refractivity contribution in [2.45, 2.75) is 57.5 Å². The molecule has 3 atom stereocenters. The van der Waals surface area contributed by atoms with Gasteiger partial charge in [0.25, 0.3) is 0 Å². The molecule has 3 heteroatoms. The van der Waals surface area contributed by atoms with E-state index in [1.807, 2.05) is 0 Å². The van der Waals surface area contributed by atoms with Gasteiger partial charge in [-0.25, -0.2) is 0 Å². The van der Waals surface area contributed by atoms with E-state index in [1.165, 1.54) is 44.9 Å². The smallest absolute Gasteiger partial charge is 0.0583 e. The summed E-state index contributed by atoms with van der Waals surface area (Å²) < 4.78 is 0. The van der Waals surface area contributed by atoms with Gasteiger partial charge in [0.05, 0.1) is 6.10 Å². The molecule has 0 aromatic carbocycles. The Bertz CT molecular complexity index is 299. The molecular formula is C16H29NO2. The van der Waals surface area contributed by atoms with E-state index in [-0.39, 0.29) is 11.5 Å². The summed E-state index contributed by atoms with van der Waals surface area (Å²) in [6.45, 7) is 3.63. The molecule has 1 heterocycles. The summed E-state index contributed by atoms with van der Waals surface area (Å²) in [6, 6.07) is 0. The SMILES string of the molecule is OCC1(CN2CC3CCC(O)C3C2)CCCCCC1. The lowest BCUT2D eigenvalue weighted by molar-refractivity contribution is 0.0596. The largest absolute Gasteiger partial charge is 0.396 e. The van der Waals surface area contributed by atoms with E-state index in [0.29, 0.717) is 12.5 Å². The van der Waals surface area contributed by atoms with Gasteiger partial charge in [-0.3, -0.25) is 0 Å². The van der Waals surface area contributed by atoms with Crippen molar-refractivity contribution in [1.82, 2.24) is 4.90 Å². The van der Waals surface area contributed by atoms with Crippen LogP contribution in [0.3, 0.4) is 0 Å². The highest BCUT2D eigenvalue weighted by Crippen LogP contribution is 2.41. The highest BCUT2D eigenvalue weighted by molar-refractivity contribution is 4.96. The third-order valence-corrected chi connectivity index (χ3v) is 5.95. The number of hydrogen-bond acceptors (Lipinski definition) is 3. The molecule has 110 valence electrons. The fourth-order valence-electron chi connectivity index (χ4n) is 4.78. The number of nitrogens with zero attached hydrogens (tertiary/aromatic N) is 1. The van der Waals surface area contributed by atoms with Gasteiger partial charge in [-0.2, -0.15) is 0 Å². The first kappa shape index (κ1) is 13.8. The number of fused-ring (bicyclic) bond motifs is 1.